The Hall–Kier alpha value is -1.87. The first kappa shape index (κ1) is 25.4. The quantitative estimate of drug-likeness (QED) is 0.277. The number of carbonyl (C=O) groups is 2. The summed E-state index contributed by atoms with van der Waals surface area (Å²) in [4.78, 5) is 27.7. The summed E-state index contributed by atoms with van der Waals surface area (Å²) in [6.45, 7) is 8.53. The molecule has 2 nitrogen and oxygen atoms in total. The number of ketones is 2. The van der Waals surface area contributed by atoms with Gasteiger partial charge in [0.2, 0.25) is 0 Å². The molecule has 2 rings (SSSR count). The van der Waals surface area contributed by atoms with Crippen molar-refractivity contribution in [2.75, 3.05) is 0 Å². The van der Waals surface area contributed by atoms with Crippen molar-refractivity contribution in [1.29, 1.82) is 0 Å². The standard InChI is InChI=1S/C28H38O2S/c1-5-9-11-21(7-3)27(29)23-13-17-25(18-14-23)31-26-19-15-24(16-20-26)28(30)22(8-4)12-10-6-2/h13-22H,5-12H2,1-4H3. The Morgan fingerprint density at radius 2 is 1.00 bits per heavy atom. The maximum Gasteiger partial charge on any atom is 0.165 e. The fraction of sp³-hybridized carbons (Fsp3) is 0.500. The van der Waals surface area contributed by atoms with Gasteiger partial charge in [-0.05, 0) is 49.9 Å². The zero-order valence-electron chi connectivity index (χ0n) is 19.7. The minimum absolute atomic E-state index is 0.132. The van der Waals surface area contributed by atoms with Crippen LogP contribution < -0.4 is 0 Å². The average Bonchev–Trinajstić information content (AvgIpc) is 2.80. The lowest BCUT2D eigenvalue weighted by molar-refractivity contribution is 0.0900. The number of hydrogen-bond acceptors (Lipinski definition) is 3. The van der Waals surface area contributed by atoms with Crippen molar-refractivity contribution in [2.45, 2.75) is 88.9 Å². The van der Waals surface area contributed by atoms with Gasteiger partial charge in [-0.25, -0.2) is 0 Å². The molecule has 168 valence electrons. The molecule has 2 aromatic rings. The van der Waals surface area contributed by atoms with Gasteiger partial charge in [-0.1, -0.05) is 89.4 Å². The highest BCUT2D eigenvalue weighted by Crippen LogP contribution is 2.29. The molecule has 3 heteroatoms. The van der Waals surface area contributed by atoms with E-state index in [-0.39, 0.29) is 23.4 Å². The van der Waals surface area contributed by atoms with Gasteiger partial charge in [0.15, 0.2) is 11.6 Å². The van der Waals surface area contributed by atoms with Gasteiger partial charge in [0.25, 0.3) is 0 Å². The molecule has 0 aliphatic rings. The summed E-state index contributed by atoms with van der Waals surface area (Å²) in [6, 6.07) is 15.9. The molecule has 0 N–H and O–H groups in total. The van der Waals surface area contributed by atoms with Gasteiger partial charge < -0.3 is 0 Å². The van der Waals surface area contributed by atoms with Crippen molar-refractivity contribution in [2.24, 2.45) is 11.8 Å². The average molecular weight is 439 g/mol. The predicted molar refractivity (Wildman–Crippen MR) is 132 cm³/mol. The van der Waals surface area contributed by atoms with Gasteiger partial charge in [-0.3, -0.25) is 9.59 Å². The first-order valence-corrected chi connectivity index (χ1v) is 12.8. The van der Waals surface area contributed by atoms with Crippen LogP contribution in [0, 0.1) is 11.8 Å². The van der Waals surface area contributed by atoms with Gasteiger partial charge in [-0.2, -0.15) is 0 Å². The number of Topliss-reactive ketones (excluding diaryl/α,β-unsaturated/α-hetero) is 2. The maximum absolute atomic E-state index is 12.8. The zero-order chi connectivity index (χ0) is 22.6. The van der Waals surface area contributed by atoms with E-state index < -0.39 is 0 Å². The molecule has 0 aliphatic heterocycles. The fourth-order valence-electron chi connectivity index (χ4n) is 3.92. The molecular formula is C28H38O2S. The number of carbonyl (C=O) groups excluding carboxylic acids is 2. The molecule has 0 fully saturated rings. The third-order valence-corrected chi connectivity index (χ3v) is 7.07. The van der Waals surface area contributed by atoms with Crippen LogP contribution in [0.15, 0.2) is 58.3 Å². The lowest BCUT2D eigenvalue weighted by Crippen LogP contribution is -2.14. The van der Waals surface area contributed by atoms with Crippen molar-refractivity contribution >= 4 is 23.3 Å². The number of benzene rings is 2. The van der Waals surface area contributed by atoms with Gasteiger partial charge in [0, 0.05) is 32.8 Å². The van der Waals surface area contributed by atoms with E-state index in [0.29, 0.717) is 0 Å². The van der Waals surface area contributed by atoms with Gasteiger partial charge in [-0.15, -0.1) is 0 Å². The van der Waals surface area contributed by atoms with Crippen LogP contribution in [0.3, 0.4) is 0 Å². The smallest absolute Gasteiger partial charge is 0.165 e. The Bertz CT molecular complexity index is 738. The zero-order valence-corrected chi connectivity index (χ0v) is 20.5. The summed E-state index contributed by atoms with van der Waals surface area (Å²) in [5.74, 6) is 0.799. The molecule has 0 saturated heterocycles. The second-order valence-electron chi connectivity index (χ2n) is 8.37. The largest absolute Gasteiger partial charge is 0.294 e. The van der Waals surface area contributed by atoms with Gasteiger partial charge in [0.1, 0.15) is 0 Å². The molecule has 2 aromatic carbocycles. The lowest BCUT2D eigenvalue weighted by Gasteiger charge is -2.14. The van der Waals surface area contributed by atoms with Crippen molar-refractivity contribution in [3.63, 3.8) is 0 Å². The molecule has 0 aliphatic carbocycles. The van der Waals surface area contributed by atoms with Crippen LogP contribution in [0.5, 0.6) is 0 Å². The van der Waals surface area contributed by atoms with Gasteiger partial charge in [0.05, 0.1) is 0 Å². The molecule has 0 aromatic heterocycles. The Balaban J connectivity index is 2.00. The summed E-state index contributed by atoms with van der Waals surface area (Å²) in [6.07, 6.45) is 8.22. The SMILES string of the molecule is CCCCC(CC)C(=O)c1ccc(Sc2ccc(C(=O)C(CC)CCCC)cc2)cc1. The minimum atomic E-state index is 0.132. The van der Waals surface area contributed by atoms with E-state index >= 15 is 0 Å². The predicted octanol–water partition coefficient (Wildman–Crippen LogP) is 8.64. The van der Waals surface area contributed by atoms with Crippen LogP contribution in [-0.2, 0) is 0 Å². The summed E-state index contributed by atoms with van der Waals surface area (Å²) in [5.41, 5.74) is 1.62. The molecule has 0 bridgehead atoms. The van der Waals surface area contributed by atoms with Crippen LogP contribution >= 0.6 is 11.8 Å². The molecule has 0 amide bonds. The highest BCUT2D eigenvalue weighted by molar-refractivity contribution is 7.99. The van der Waals surface area contributed by atoms with Crippen molar-refractivity contribution < 1.29 is 9.59 Å². The van der Waals surface area contributed by atoms with Gasteiger partial charge >= 0.3 is 0 Å². The van der Waals surface area contributed by atoms with E-state index in [2.05, 4.69) is 27.7 Å². The second kappa shape index (κ2) is 13.5. The van der Waals surface area contributed by atoms with Crippen LogP contribution in [0.4, 0.5) is 0 Å². The third-order valence-electron chi connectivity index (χ3n) is 6.05. The minimum Gasteiger partial charge on any atom is -0.294 e. The van der Waals surface area contributed by atoms with Crippen molar-refractivity contribution in [3.05, 3.63) is 59.7 Å². The molecule has 2 unspecified atom stereocenters. The molecule has 0 heterocycles. The lowest BCUT2D eigenvalue weighted by atomic mass is 9.91. The third kappa shape index (κ3) is 7.64. The topological polar surface area (TPSA) is 34.1 Å². The van der Waals surface area contributed by atoms with Crippen LogP contribution in [-0.4, -0.2) is 11.6 Å². The number of rotatable bonds is 14. The normalized spacial score (nSPS) is 13.0. The summed E-state index contributed by atoms with van der Waals surface area (Å²) in [7, 11) is 0. The maximum atomic E-state index is 12.8. The second-order valence-corrected chi connectivity index (χ2v) is 9.52. The number of hydrogen-bond donors (Lipinski definition) is 0. The summed E-state index contributed by atoms with van der Waals surface area (Å²) >= 11 is 1.66. The summed E-state index contributed by atoms with van der Waals surface area (Å²) in [5, 5.41) is 0. The first-order chi connectivity index (χ1) is 15.0. The first-order valence-electron chi connectivity index (χ1n) is 12.0. The van der Waals surface area contributed by atoms with E-state index in [1.54, 1.807) is 11.8 Å². The monoisotopic (exact) mass is 438 g/mol. The van der Waals surface area contributed by atoms with E-state index in [4.69, 9.17) is 0 Å². The molecule has 0 radical (unpaired) electrons. The fourth-order valence-corrected chi connectivity index (χ4v) is 4.74. The Labute approximate surface area is 193 Å². The van der Waals surface area contributed by atoms with E-state index in [0.717, 1.165) is 72.3 Å². The Morgan fingerprint density at radius 1 is 0.645 bits per heavy atom. The molecular weight excluding hydrogens is 400 g/mol. The highest BCUT2D eigenvalue weighted by atomic mass is 32.2. The highest BCUT2D eigenvalue weighted by Gasteiger charge is 2.19. The molecule has 31 heavy (non-hydrogen) atoms. The van der Waals surface area contributed by atoms with Crippen molar-refractivity contribution in [3.8, 4) is 0 Å². The van der Waals surface area contributed by atoms with Crippen LogP contribution in [0.2, 0.25) is 0 Å². The van der Waals surface area contributed by atoms with Crippen LogP contribution in [0.25, 0.3) is 0 Å². The van der Waals surface area contributed by atoms with E-state index in [1.165, 1.54) is 0 Å². The molecule has 2 atom stereocenters. The Morgan fingerprint density at radius 3 is 1.29 bits per heavy atom. The molecule has 0 spiro atoms. The number of unbranched alkanes of at least 4 members (excludes halogenated alkanes) is 2. The van der Waals surface area contributed by atoms with E-state index in [9.17, 15) is 9.59 Å². The van der Waals surface area contributed by atoms with Crippen LogP contribution in [0.1, 0.15) is 99.8 Å². The van der Waals surface area contributed by atoms with E-state index in [1.807, 2.05) is 48.5 Å². The molecule has 0 saturated carbocycles. The Kier molecular flexibility index (Phi) is 11.1. The summed E-state index contributed by atoms with van der Waals surface area (Å²) < 4.78 is 0. The van der Waals surface area contributed by atoms with Crippen molar-refractivity contribution in [1.82, 2.24) is 0 Å².